The van der Waals surface area contributed by atoms with Gasteiger partial charge in [0.05, 0.1) is 13.2 Å². The molecule has 1 saturated heterocycles. The van der Waals surface area contributed by atoms with E-state index in [1.807, 2.05) is 6.92 Å². The van der Waals surface area contributed by atoms with Crippen LogP contribution in [0.4, 0.5) is 10.1 Å². The highest BCUT2D eigenvalue weighted by Crippen LogP contribution is 2.20. The molecule has 3 aromatic rings. The van der Waals surface area contributed by atoms with E-state index in [4.69, 9.17) is 4.84 Å². The predicted molar refractivity (Wildman–Crippen MR) is 102 cm³/mol. The molecule has 0 spiro atoms. The van der Waals surface area contributed by atoms with E-state index in [0.29, 0.717) is 24.4 Å². The number of halogens is 1. The third-order valence-electron chi connectivity index (χ3n) is 4.45. The molecule has 1 atom stereocenters. The Kier molecular flexibility index (Phi) is 5.05. The fraction of sp³-hybridized carbons (Fsp3) is 0.200. The van der Waals surface area contributed by atoms with Crippen LogP contribution < -0.4 is 5.32 Å². The van der Waals surface area contributed by atoms with Gasteiger partial charge in [-0.15, -0.1) is 10.2 Å². The van der Waals surface area contributed by atoms with Gasteiger partial charge in [-0.2, -0.15) is 0 Å². The van der Waals surface area contributed by atoms with Crippen LogP contribution in [0, 0.1) is 11.7 Å². The lowest BCUT2D eigenvalue weighted by Crippen LogP contribution is -2.27. The number of carbonyl (C=O) groups is 2. The van der Waals surface area contributed by atoms with Gasteiger partial charge in [0, 0.05) is 28.4 Å². The summed E-state index contributed by atoms with van der Waals surface area (Å²) in [5.74, 6) is -1.30. The smallest absolute Gasteiger partial charge is 0.277 e. The number of hydroxylamine groups is 2. The molecule has 0 aliphatic carbocycles. The van der Waals surface area contributed by atoms with E-state index in [1.165, 1.54) is 23.8 Å². The molecular weight excluding hydrogens is 377 g/mol. The molecule has 1 unspecified atom stereocenters. The van der Waals surface area contributed by atoms with Crippen molar-refractivity contribution in [3.63, 3.8) is 0 Å². The number of nitrogens with zero attached hydrogens (tertiary/aromatic N) is 4. The minimum atomic E-state index is -0.628. The van der Waals surface area contributed by atoms with Crippen molar-refractivity contribution < 1.29 is 18.8 Å². The van der Waals surface area contributed by atoms with Gasteiger partial charge in [-0.25, -0.2) is 9.45 Å². The molecule has 1 aliphatic heterocycles. The van der Waals surface area contributed by atoms with Crippen molar-refractivity contribution in [2.24, 2.45) is 5.92 Å². The first-order valence-electron chi connectivity index (χ1n) is 9.01. The minimum Gasteiger partial charge on any atom is -0.322 e. The first-order chi connectivity index (χ1) is 14.0. The second-order valence-corrected chi connectivity index (χ2v) is 6.87. The van der Waals surface area contributed by atoms with E-state index in [-0.39, 0.29) is 17.2 Å². The lowest BCUT2D eigenvalue weighted by atomic mass is 10.1. The first kappa shape index (κ1) is 18.8. The number of anilines is 1. The average Bonchev–Trinajstić information content (AvgIpc) is 3.39. The Bertz CT molecular complexity index is 1050. The molecule has 2 aromatic carbocycles. The number of rotatable bonds is 4. The van der Waals surface area contributed by atoms with Gasteiger partial charge in [-0.3, -0.25) is 19.0 Å². The number of benzene rings is 2. The van der Waals surface area contributed by atoms with Crippen LogP contribution in [0.25, 0.3) is 5.69 Å². The molecular formula is C20H18FN5O3. The van der Waals surface area contributed by atoms with Gasteiger partial charge in [0.15, 0.2) is 0 Å². The molecule has 29 heavy (non-hydrogen) atoms. The normalized spacial score (nSPS) is 16.1. The fourth-order valence-corrected chi connectivity index (χ4v) is 3.02. The molecule has 1 aliphatic rings. The molecule has 8 nitrogen and oxygen atoms in total. The van der Waals surface area contributed by atoms with E-state index in [9.17, 15) is 14.0 Å². The molecule has 4 rings (SSSR count). The van der Waals surface area contributed by atoms with Crippen LogP contribution in [-0.2, 0) is 4.84 Å². The molecule has 0 radical (unpaired) electrons. The fourth-order valence-electron chi connectivity index (χ4n) is 3.02. The molecule has 2 heterocycles. The van der Waals surface area contributed by atoms with E-state index in [2.05, 4.69) is 15.5 Å². The first-order valence-corrected chi connectivity index (χ1v) is 9.01. The Labute approximate surface area is 165 Å². The summed E-state index contributed by atoms with van der Waals surface area (Å²) in [5.41, 5.74) is 1.36. The van der Waals surface area contributed by atoms with Crippen molar-refractivity contribution in [1.29, 1.82) is 0 Å². The zero-order valence-electron chi connectivity index (χ0n) is 15.6. The van der Waals surface area contributed by atoms with E-state index >= 15 is 0 Å². The minimum absolute atomic E-state index is 0.104. The Morgan fingerprint density at radius 1 is 1.14 bits per heavy atom. The SMILES string of the molecule is CC1CON(C(=O)c2cc(F)cc(NC(=O)c3cccc(-n4cnnc4)c3)c2)C1. The van der Waals surface area contributed by atoms with Gasteiger partial charge in [0.2, 0.25) is 0 Å². The number of hydrogen-bond donors (Lipinski definition) is 1. The average molecular weight is 395 g/mol. The summed E-state index contributed by atoms with van der Waals surface area (Å²) >= 11 is 0. The van der Waals surface area contributed by atoms with Crippen LogP contribution >= 0.6 is 0 Å². The molecule has 2 amide bonds. The van der Waals surface area contributed by atoms with Crippen molar-refractivity contribution in [2.75, 3.05) is 18.5 Å². The van der Waals surface area contributed by atoms with Crippen LogP contribution in [0.3, 0.4) is 0 Å². The van der Waals surface area contributed by atoms with Crippen LogP contribution in [0.2, 0.25) is 0 Å². The van der Waals surface area contributed by atoms with E-state index in [0.717, 1.165) is 12.1 Å². The number of amides is 2. The highest BCUT2D eigenvalue weighted by molar-refractivity contribution is 6.05. The maximum Gasteiger partial charge on any atom is 0.277 e. The Hall–Kier alpha value is -3.59. The standard InChI is InChI=1S/C20H18FN5O3/c1-13-9-26(29-10-13)20(28)15-5-16(21)8-17(6-15)24-19(27)14-3-2-4-18(7-14)25-11-22-23-12-25/h2-8,11-13H,9-10H2,1H3,(H,24,27). The molecule has 9 heteroatoms. The van der Waals surface area contributed by atoms with Gasteiger partial charge in [-0.05, 0) is 36.4 Å². The maximum atomic E-state index is 14.1. The summed E-state index contributed by atoms with van der Waals surface area (Å²) in [7, 11) is 0. The summed E-state index contributed by atoms with van der Waals surface area (Å²) < 4.78 is 15.7. The second kappa shape index (κ2) is 7.80. The van der Waals surface area contributed by atoms with Gasteiger partial charge < -0.3 is 5.32 Å². The number of carbonyl (C=O) groups excluding carboxylic acids is 2. The van der Waals surface area contributed by atoms with Crippen molar-refractivity contribution in [3.05, 3.63) is 72.1 Å². The van der Waals surface area contributed by atoms with E-state index in [1.54, 1.807) is 28.8 Å². The molecule has 148 valence electrons. The lowest BCUT2D eigenvalue weighted by molar-refractivity contribution is -0.0772. The van der Waals surface area contributed by atoms with Crippen LogP contribution in [-0.4, -0.2) is 44.8 Å². The highest BCUT2D eigenvalue weighted by Gasteiger charge is 2.26. The molecule has 1 fully saturated rings. The maximum absolute atomic E-state index is 14.1. The van der Waals surface area contributed by atoms with Gasteiger partial charge in [-0.1, -0.05) is 13.0 Å². The van der Waals surface area contributed by atoms with Crippen LogP contribution in [0.15, 0.2) is 55.1 Å². The number of aromatic nitrogens is 3. The summed E-state index contributed by atoms with van der Waals surface area (Å²) in [6.45, 7) is 2.83. The van der Waals surface area contributed by atoms with Crippen molar-refractivity contribution in [3.8, 4) is 5.69 Å². The second-order valence-electron chi connectivity index (χ2n) is 6.87. The van der Waals surface area contributed by atoms with Gasteiger partial charge in [0.1, 0.15) is 18.5 Å². The van der Waals surface area contributed by atoms with Gasteiger partial charge >= 0.3 is 0 Å². The van der Waals surface area contributed by atoms with Crippen LogP contribution in [0.1, 0.15) is 27.6 Å². The zero-order valence-corrected chi connectivity index (χ0v) is 15.6. The Morgan fingerprint density at radius 3 is 2.66 bits per heavy atom. The molecule has 1 N–H and O–H groups in total. The zero-order chi connectivity index (χ0) is 20.4. The summed E-state index contributed by atoms with van der Waals surface area (Å²) in [4.78, 5) is 30.5. The van der Waals surface area contributed by atoms with E-state index < -0.39 is 17.6 Å². The quantitative estimate of drug-likeness (QED) is 0.734. The topological polar surface area (TPSA) is 89.4 Å². The third-order valence-corrected chi connectivity index (χ3v) is 4.45. The largest absolute Gasteiger partial charge is 0.322 e. The van der Waals surface area contributed by atoms with Crippen molar-refractivity contribution in [2.45, 2.75) is 6.92 Å². The Morgan fingerprint density at radius 2 is 1.93 bits per heavy atom. The third kappa shape index (κ3) is 4.14. The predicted octanol–water partition coefficient (Wildman–Crippen LogP) is 2.68. The number of nitrogens with one attached hydrogen (secondary N) is 1. The number of hydrogen-bond acceptors (Lipinski definition) is 5. The van der Waals surface area contributed by atoms with Crippen LogP contribution in [0.5, 0.6) is 0 Å². The Balaban J connectivity index is 1.53. The summed E-state index contributed by atoms with van der Waals surface area (Å²) in [6, 6.07) is 10.5. The molecule has 1 aromatic heterocycles. The van der Waals surface area contributed by atoms with Crippen molar-refractivity contribution in [1.82, 2.24) is 19.8 Å². The monoisotopic (exact) mass is 395 g/mol. The summed E-state index contributed by atoms with van der Waals surface area (Å²) in [6.07, 6.45) is 3.03. The molecule has 0 bridgehead atoms. The molecule has 0 saturated carbocycles. The van der Waals surface area contributed by atoms with Crippen molar-refractivity contribution >= 4 is 17.5 Å². The lowest BCUT2D eigenvalue weighted by Gasteiger charge is -2.15. The van der Waals surface area contributed by atoms with Gasteiger partial charge in [0.25, 0.3) is 11.8 Å². The summed E-state index contributed by atoms with van der Waals surface area (Å²) in [5, 5.41) is 11.3. The highest BCUT2D eigenvalue weighted by atomic mass is 19.1.